The molecule has 0 spiro atoms. The Labute approximate surface area is 174 Å². The van der Waals surface area contributed by atoms with Crippen molar-refractivity contribution in [2.45, 2.75) is 0 Å². The molecule has 0 aliphatic heterocycles. The topological polar surface area (TPSA) is 29.1 Å². The average molecular weight is 492 g/mol. The number of halogens is 3. The van der Waals surface area contributed by atoms with Gasteiger partial charge in [-0.25, -0.2) is 0 Å². The molecule has 0 heterocycles. The number of allylic oxidation sites excluding steroid dienone is 1. The van der Waals surface area contributed by atoms with E-state index in [-0.39, 0.29) is 5.78 Å². The van der Waals surface area contributed by atoms with E-state index in [1.807, 2.05) is 54.6 Å². The largest absolute Gasteiger partial charge is 0.354 e. The van der Waals surface area contributed by atoms with Crippen LogP contribution in [0.2, 0.25) is 5.02 Å². The van der Waals surface area contributed by atoms with Crippen LogP contribution in [0.3, 0.4) is 0 Å². The highest BCUT2D eigenvalue weighted by Gasteiger charge is 2.12. The molecule has 0 atom stereocenters. The first kappa shape index (κ1) is 18.9. The van der Waals surface area contributed by atoms with Gasteiger partial charge in [0.25, 0.3) is 0 Å². The Morgan fingerprint density at radius 3 is 2.31 bits per heavy atom. The summed E-state index contributed by atoms with van der Waals surface area (Å²) in [7, 11) is 0. The van der Waals surface area contributed by atoms with Gasteiger partial charge < -0.3 is 5.32 Å². The fraction of sp³-hybridized carbons (Fsp3) is 0. The van der Waals surface area contributed by atoms with Crippen LogP contribution in [0.5, 0.6) is 0 Å². The Balaban J connectivity index is 2.03. The molecule has 0 unspecified atom stereocenters. The predicted molar refractivity (Wildman–Crippen MR) is 116 cm³/mol. The second-order valence-corrected chi connectivity index (χ2v) is 7.69. The molecule has 130 valence electrons. The lowest BCUT2D eigenvalue weighted by Gasteiger charge is -2.14. The van der Waals surface area contributed by atoms with Crippen LogP contribution in [0, 0.1) is 0 Å². The normalized spacial score (nSPS) is 11.3. The summed E-state index contributed by atoms with van der Waals surface area (Å²) in [6.45, 7) is 0. The molecule has 0 aliphatic carbocycles. The average Bonchev–Trinajstić information content (AvgIpc) is 2.64. The minimum Gasteiger partial charge on any atom is -0.354 e. The number of nitrogens with one attached hydrogen (secondary N) is 1. The van der Waals surface area contributed by atoms with Gasteiger partial charge in [0.1, 0.15) is 0 Å². The number of hydrogen-bond donors (Lipinski definition) is 1. The molecule has 3 aromatic rings. The standard InChI is InChI=1S/C21H14Br2ClNO/c22-15-10-11-19(17(23)12-15)25-20(16-8-4-5-9-18(16)24)13-21(26)14-6-2-1-3-7-14/h1-13,25H/b20-13-. The van der Waals surface area contributed by atoms with Crippen LogP contribution in [0.25, 0.3) is 5.70 Å². The molecular formula is C21H14Br2ClNO. The summed E-state index contributed by atoms with van der Waals surface area (Å²) in [5, 5.41) is 3.89. The fourth-order valence-corrected chi connectivity index (χ4v) is 3.80. The van der Waals surface area contributed by atoms with Crippen LogP contribution >= 0.6 is 43.5 Å². The fourth-order valence-electron chi connectivity index (χ4n) is 2.41. The summed E-state index contributed by atoms with van der Waals surface area (Å²) in [6.07, 6.45) is 1.57. The molecular weight excluding hydrogens is 477 g/mol. The molecule has 2 nitrogen and oxygen atoms in total. The Kier molecular flexibility index (Phi) is 6.30. The van der Waals surface area contributed by atoms with Crippen LogP contribution in [-0.4, -0.2) is 5.78 Å². The Bertz CT molecular complexity index is 971. The van der Waals surface area contributed by atoms with Crippen molar-refractivity contribution in [3.05, 3.63) is 104 Å². The highest BCUT2D eigenvalue weighted by atomic mass is 79.9. The number of rotatable bonds is 5. The van der Waals surface area contributed by atoms with Gasteiger partial charge in [-0.05, 0) is 40.2 Å². The van der Waals surface area contributed by atoms with Gasteiger partial charge >= 0.3 is 0 Å². The van der Waals surface area contributed by atoms with Crippen molar-refractivity contribution < 1.29 is 4.79 Å². The third-order valence-corrected chi connectivity index (χ3v) is 5.18. The molecule has 0 saturated carbocycles. The number of ketones is 1. The van der Waals surface area contributed by atoms with Crippen LogP contribution < -0.4 is 5.32 Å². The van der Waals surface area contributed by atoms with Crippen molar-refractivity contribution in [1.82, 2.24) is 0 Å². The SMILES string of the molecule is O=C(/C=C(\Nc1ccc(Br)cc1Br)c1ccccc1Cl)c1ccccc1. The van der Waals surface area contributed by atoms with E-state index in [1.165, 1.54) is 0 Å². The Morgan fingerprint density at radius 1 is 0.923 bits per heavy atom. The van der Waals surface area contributed by atoms with Gasteiger partial charge in [-0.15, -0.1) is 0 Å². The second-order valence-electron chi connectivity index (χ2n) is 5.52. The van der Waals surface area contributed by atoms with Crippen molar-refractivity contribution in [1.29, 1.82) is 0 Å². The maximum atomic E-state index is 12.7. The summed E-state index contributed by atoms with van der Waals surface area (Å²) >= 11 is 13.4. The lowest BCUT2D eigenvalue weighted by molar-refractivity contribution is 0.104. The van der Waals surface area contributed by atoms with E-state index in [9.17, 15) is 4.79 Å². The zero-order valence-electron chi connectivity index (χ0n) is 13.5. The van der Waals surface area contributed by atoms with E-state index in [1.54, 1.807) is 24.3 Å². The summed E-state index contributed by atoms with van der Waals surface area (Å²) < 4.78 is 1.83. The second kappa shape index (κ2) is 8.67. The maximum Gasteiger partial charge on any atom is 0.187 e. The Morgan fingerprint density at radius 2 is 1.62 bits per heavy atom. The van der Waals surface area contributed by atoms with E-state index in [4.69, 9.17) is 11.6 Å². The van der Waals surface area contributed by atoms with Gasteiger partial charge in [0.05, 0.1) is 11.4 Å². The van der Waals surface area contributed by atoms with E-state index in [0.29, 0.717) is 16.3 Å². The molecule has 0 radical (unpaired) electrons. The molecule has 0 saturated heterocycles. The lowest BCUT2D eigenvalue weighted by atomic mass is 10.1. The van der Waals surface area contributed by atoms with Crippen LogP contribution in [-0.2, 0) is 0 Å². The summed E-state index contributed by atoms with van der Waals surface area (Å²) in [5.74, 6) is -0.0961. The first-order valence-corrected chi connectivity index (χ1v) is 9.79. The van der Waals surface area contributed by atoms with E-state index in [0.717, 1.165) is 20.2 Å². The summed E-state index contributed by atoms with van der Waals surface area (Å²) in [6, 6.07) is 22.4. The zero-order chi connectivity index (χ0) is 18.5. The van der Waals surface area contributed by atoms with Gasteiger partial charge in [-0.2, -0.15) is 0 Å². The smallest absolute Gasteiger partial charge is 0.187 e. The molecule has 3 aromatic carbocycles. The van der Waals surface area contributed by atoms with Gasteiger partial charge in [-0.3, -0.25) is 4.79 Å². The third-order valence-electron chi connectivity index (χ3n) is 3.70. The number of carbonyl (C=O) groups excluding carboxylic acids is 1. The number of anilines is 1. The van der Waals surface area contributed by atoms with Gasteiger partial charge in [0.2, 0.25) is 0 Å². The van der Waals surface area contributed by atoms with Crippen molar-refractivity contribution in [3.8, 4) is 0 Å². The molecule has 3 rings (SSSR count). The molecule has 0 aromatic heterocycles. The third kappa shape index (κ3) is 4.64. The minimum absolute atomic E-state index is 0.0961. The van der Waals surface area contributed by atoms with Crippen molar-refractivity contribution in [2.75, 3.05) is 5.32 Å². The quantitative estimate of drug-likeness (QED) is 0.302. The van der Waals surface area contributed by atoms with Crippen LogP contribution in [0.4, 0.5) is 5.69 Å². The van der Waals surface area contributed by atoms with Gasteiger partial charge in [-0.1, -0.05) is 76.1 Å². The molecule has 0 fully saturated rings. The molecule has 0 bridgehead atoms. The van der Waals surface area contributed by atoms with E-state index in [2.05, 4.69) is 37.2 Å². The number of benzene rings is 3. The highest BCUT2D eigenvalue weighted by molar-refractivity contribution is 9.11. The van der Waals surface area contributed by atoms with Crippen LogP contribution in [0.1, 0.15) is 15.9 Å². The molecule has 26 heavy (non-hydrogen) atoms. The van der Waals surface area contributed by atoms with E-state index >= 15 is 0 Å². The highest BCUT2D eigenvalue weighted by Crippen LogP contribution is 2.31. The van der Waals surface area contributed by atoms with Gasteiger partial charge in [0.15, 0.2) is 5.78 Å². The van der Waals surface area contributed by atoms with Crippen molar-refractivity contribution >= 4 is 60.6 Å². The molecule has 1 N–H and O–H groups in total. The Hall–Kier alpha value is -1.88. The van der Waals surface area contributed by atoms with E-state index < -0.39 is 0 Å². The number of hydrogen-bond acceptors (Lipinski definition) is 2. The van der Waals surface area contributed by atoms with Crippen molar-refractivity contribution in [2.24, 2.45) is 0 Å². The predicted octanol–water partition coefficient (Wildman–Crippen LogP) is 7.20. The first-order chi connectivity index (χ1) is 12.5. The molecule has 0 aliphatic rings. The number of carbonyl (C=O) groups is 1. The monoisotopic (exact) mass is 489 g/mol. The lowest BCUT2D eigenvalue weighted by Crippen LogP contribution is -2.04. The maximum absolute atomic E-state index is 12.7. The van der Waals surface area contributed by atoms with Crippen LogP contribution in [0.15, 0.2) is 87.8 Å². The van der Waals surface area contributed by atoms with Crippen molar-refractivity contribution in [3.63, 3.8) is 0 Å². The zero-order valence-corrected chi connectivity index (χ0v) is 17.5. The van der Waals surface area contributed by atoms with Gasteiger partial charge in [0, 0.05) is 31.2 Å². The first-order valence-electron chi connectivity index (χ1n) is 7.82. The molecule has 0 amide bonds. The summed E-state index contributed by atoms with van der Waals surface area (Å²) in [4.78, 5) is 12.7. The molecule has 5 heteroatoms. The summed E-state index contributed by atoms with van der Waals surface area (Å²) in [5.41, 5.74) is 2.84. The minimum atomic E-state index is -0.0961.